The minimum absolute atomic E-state index is 0.118. The molecule has 1 aliphatic rings. The first-order chi connectivity index (χ1) is 12.5. The highest BCUT2D eigenvalue weighted by molar-refractivity contribution is 6.31. The van der Waals surface area contributed by atoms with E-state index >= 15 is 0 Å². The highest BCUT2D eigenvalue weighted by atomic mass is 35.5. The lowest BCUT2D eigenvalue weighted by Crippen LogP contribution is -2.44. The predicted molar refractivity (Wildman–Crippen MR) is 98.0 cm³/mol. The number of pyridine rings is 1. The molecule has 3 rings (SSSR count). The Hall–Kier alpha value is -2.67. The van der Waals surface area contributed by atoms with Crippen LogP contribution in [0.25, 0.3) is 6.08 Å². The van der Waals surface area contributed by atoms with Gasteiger partial charge in [0, 0.05) is 44.2 Å². The van der Waals surface area contributed by atoms with E-state index in [9.17, 15) is 9.59 Å². The smallest absolute Gasteiger partial charge is 0.265 e. The van der Waals surface area contributed by atoms with Crippen molar-refractivity contribution in [1.82, 2.24) is 24.8 Å². The number of carbonyl (C=O) groups excluding carboxylic acids is 2. The molecule has 0 saturated carbocycles. The van der Waals surface area contributed by atoms with E-state index < -0.39 is 0 Å². The van der Waals surface area contributed by atoms with Gasteiger partial charge in [-0.3, -0.25) is 24.3 Å². The maximum absolute atomic E-state index is 12.6. The number of halogens is 1. The van der Waals surface area contributed by atoms with Gasteiger partial charge in [0.1, 0.15) is 5.15 Å². The average molecular weight is 374 g/mol. The molecule has 0 atom stereocenters. The number of rotatable bonds is 4. The van der Waals surface area contributed by atoms with E-state index in [2.05, 4.69) is 10.1 Å². The number of amides is 2. The monoisotopic (exact) mass is 373 g/mol. The lowest BCUT2D eigenvalue weighted by Gasteiger charge is -2.27. The standard InChI is InChI=1S/C18H20ClN5O2/c1-13-15(18(19)22(2)21-13)6-7-16(25)23-9-4-10-24(23)17(26)11-14-5-3-8-20-12-14/h3,5-8,12H,4,9-11H2,1-2H3. The van der Waals surface area contributed by atoms with Gasteiger partial charge in [-0.15, -0.1) is 0 Å². The summed E-state index contributed by atoms with van der Waals surface area (Å²) < 4.78 is 1.56. The van der Waals surface area contributed by atoms with Crippen LogP contribution in [0, 0.1) is 6.92 Å². The summed E-state index contributed by atoms with van der Waals surface area (Å²) in [6, 6.07) is 3.64. The van der Waals surface area contributed by atoms with Gasteiger partial charge in [0.05, 0.1) is 12.1 Å². The largest absolute Gasteiger partial charge is 0.273 e. The summed E-state index contributed by atoms with van der Waals surface area (Å²) in [5.74, 6) is -0.366. The Morgan fingerprint density at radius 2 is 2.08 bits per heavy atom. The Balaban J connectivity index is 1.70. The van der Waals surface area contributed by atoms with E-state index in [0.717, 1.165) is 17.7 Å². The van der Waals surface area contributed by atoms with Crippen LogP contribution in [0.15, 0.2) is 30.6 Å². The number of carbonyl (C=O) groups is 2. The summed E-state index contributed by atoms with van der Waals surface area (Å²) in [5, 5.41) is 7.68. The van der Waals surface area contributed by atoms with Crippen molar-refractivity contribution in [3.63, 3.8) is 0 Å². The van der Waals surface area contributed by atoms with Crippen molar-refractivity contribution in [2.75, 3.05) is 13.1 Å². The van der Waals surface area contributed by atoms with E-state index in [1.165, 1.54) is 16.1 Å². The third-order valence-electron chi connectivity index (χ3n) is 4.24. The lowest BCUT2D eigenvalue weighted by molar-refractivity contribution is -0.154. The highest BCUT2D eigenvalue weighted by Gasteiger charge is 2.29. The molecule has 26 heavy (non-hydrogen) atoms. The molecule has 0 aliphatic carbocycles. The summed E-state index contributed by atoms with van der Waals surface area (Å²) in [6.07, 6.45) is 7.38. The molecule has 0 spiro atoms. The second kappa shape index (κ2) is 7.70. The third kappa shape index (κ3) is 3.77. The average Bonchev–Trinajstić information content (AvgIpc) is 3.20. The fourth-order valence-corrected chi connectivity index (χ4v) is 3.18. The Morgan fingerprint density at radius 3 is 2.73 bits per heavy atom. The maximum atomic E-state index is 12.6. The maximum Gasteiger partial charge on any atom is 0.265 e. The van der Waals surface area contributed by atoms with Gasteiger partial charge < -0.3 is 0 Å². The third-order valence-corrected chi connectivity index (χ3v) is 4.69. The molecule has 1 fully saturated rings. The first-order valence-corrected chi connectivity index (χ1v) is 8.73. The minimum atomic E-state index is -0.249. The summed E-state index contributed by atoms with van der Waals surface area (Å²) in [5.41, 5.74) is 2.27. The molecule has 2 amide bonds. The summed E-state index contributed by atoms with van der Waals surface area (Å²) in [4.78, 5) is 29.2. The zero-order valence-corrected chi connectivity index (χ0v) is 15.5. The van der Waals surface area contributed by atoms with E-state index in [1.807, 2.05) is 13.0 Å². The van der Waals surface area contributed by atoms with Gasteiger partial charge in [-0.1, -0.05) is 17.7 Å². The van der Waals surface area contributed by atoms with Crippen molar-refractivity contribution < 1.29 is 9.59 Å². The number of aryl methyl sites for hydroxylation is 2. The molecule has 0 aromatic carbocycles. The zero-order valence-electron chi connectivity index (χ0n) is 14.7. The van der Waals surface area contributed by atoms with Crippen molar-refractivity contribution in [2.45, 2.75) is 19.8 Å². The molecule has 7 nitrogen and oxygen atoms in total. The molecular formula is C18H20ClN5O2. The molecule has 1 saturated heterocycles. The SMILES string of the molecule is Cc1nn(C)c(Cl)c1C=CC(=O)N1CCCN1C(=O)Cc1cccnc1. The fourth-order valence-electron chi connectivity index (χ4n) is 2.95. The second-order valence-electron chi connectivity index (χ2n) is 6.12. The number of hydrogen-bond donors (Lipinski definition) is 0. The summed E-state index contributed by atoms with van der Waals surface area (Å²) >= 11 is 6.18. The normalized spacial score (nSPS) is 14.4. The second-order valence-corrected chi connectivity index (χ2v) is 6.47. The number of hydrogen-bond acceptors (Lipinski definition) is 4. The Bertz CT molecular complexity index is 847. The van der Waals surface area contributed by atoms with Gasteiger partial charge in [-0.05, 0) is 31.1 Å². The number of hydrazine groups is 1. The summed E-state index contributed by atoms with van der Waals surface area (Å²) in [6.45, 7) is 2.88. The first kappa shape index (κ1) is 18.1. The minimum Gasteiger partial charge on any atom is -0.273 e. The van der Waals surface area contributed by atoms with E-state index in [4.69, 9.17) is 11.6 Å². The van der Waals surface area contributed by atoms with E-state index in [-0.39, 0.29) is 18.2 Å². The van der Waals surface area contributed by atoms with Crippen molar-refractivity contribution in [1.29, 1.82) is 0 Å². The molecule has 8 heteroatoms. The molecule has 0 radical (unpaired) electrons. The van der Waals surface area contributed by atoms with Crippen molar-refractivity contribution >= 4 is 29.5 Å². The molecule has 1 aliphatic heterocycles. The van der Waals surface area contributed by atoms with Gasteiger partial charge in [0.25, 0.3) is 5.91 Å². The van der Waals surface area contributed by atoms with Gasteiger partial charge in [0.2, 0.25) is 5.91 Å². The van der Waals surface area contributed by atoms with Crippen molar-refractivity contribution in [3.05, 3.63) is 52.6 Å². The van der Waals surface area contributed by atoms with Crippen molar-refractivity contribution in [2.24, 2.45) is 7.05 Å². The quantitative estimate of drug-likeness (QED) is 0.768. The first-order valence-electron chi connectivity index (χ1n) is 8.35. The van der Waals surface area contributed by atoms with Gasteiger partial charge in [-0.2, -0.15) is 5.10 Å². The molecule has 0 N–H and O–H groups in total. The van der Waals surface area contributed by atoms with Crippen LogP contribution in [0.3, 0.4) is 0 Å². The Kier molecular flexibility index (Phi) is 5.37. The molecule has 0 unspecified atom stereocenters. The van der Waals surface area contributed by atoms with Gasteiger partial charge >= 0.3 is 0 Å². The van der Waals surface area contributed by atoms with Crippen LogP contribution in [-0.2, 0) is 23.1 Å². The van der Waals surface area contributed by atoms with Crippen molar-refractivity contribution in [3.8, 4) is 0 Å². The molecule has 2 aromatic rings. The zero-order chi connectivity index (χ0) is 18.7. The van der Waals surface area contributed by atoms with Gasteiger partial charge in [-0.25, -0.2) is 5.01 Å². The number of aromatic nitrogens is 3. The topological polar surface area (TPSA) is 71.3 Å². The summed E-state index contributed by atoms with van der Waals surface area (Å²) in [7, 11) is 1.74. The number of nitrogens with zero attached hydrogens (tertiary/aromatic N) is 5. The van der Waals surface area contributed by atoms with Crippen LogP contribution in [-0.4, -0.2) is 49.7 Å². The molecule has 2 aromatic heterocycles. The van der Waals surface area contributed by atoms with Crippen LogP contribution >= 0.6 is 11.6 Å². The van der Waals surface area contributed by atoms with Gasteiger partial charge in [0.15, 0.2) is 0 Å². The van der Waals surface area contributed by atoms with Crippen LogP contribution in [0.1, 0.15) is 23.2 Å². The molecule has 136 valence electrons. The fraction of sp³-hybridized carbons (Fsp3) is 0.333. The van der Waals surface area contributed by atoms with Crippen LogP contribution in [0.4, 0.5) is 0 Å². The Labute approximate surface area is 156 Å². The van der Waals surface area contributed by atoms with Crippen LogP contribution in [0.5, 0.6) is 0 Å². The lowest BCUT2D eigenvalue weighted by atomic mass is 10.2. The Morgan fingerprint density at radius 1 is 1.31 bits per heavy atom. The van der Waals surface area contributed by atoms with Crippen LogP contribution in [0.2, 0.25) is 5.15 Å². The van der Waals surface area contributed by atoms with E-state index in [1.54, 1.807) is 36.3 Å². The molecule has 3 heterocycles. The molecular weight excluding hydrogens is 354 g/mol. The highest BCUT2D eigenvalue weighted by Crippen LogP contribution is 2.21. The van der Waals surface area contributed by atoms with Crippen LogP contribution < -0.4 is 0 Å². The van der Waals surface area contributed by atoms with E-state index in [0.29, 0.717) is 23.8 Å². The molecule has 0 bridgehead atoms. The predicted octanol–water partition coefficient (Wildman–Crippen LogP) is 2.01.